The van der Waals surface area contributed by atoms with E-state index in [4.69, 9.17) is 10.5 Å². The molecule has 0 aliphatic heterocycles. The summed E-state index contributed by atoms with van der Waals surface area (Å²) >= 11 is 0. The second-order valence-electron chi connectivity index (χ2n) is 4.94. The number of nitrogens with one attached hydrogen (secondary N) is 1. The molecule has 0 aliphatic carbocycles. The highest BCUT2D eigenvalue weighted by Gasteiger charge is 2.11. The van der Waals surface area contributed by atoms with Crippen molar-refractivity contribution < 1.29 is 9.53 Å². The van der Waals surface area contributed by atoms with Gasteiger partial charge < -0.3 is 20.7 Å². The summed E-state index contributed by atoms with van der Waals surface area (Å²) in [4.78, 5) is 14.1. The maximum atomic E-state index is 12.0. The lowest BCUT2D eigenvalue weighted by atomic mass is 10.1. The summed E-state index contributed by atoms with van der Waals surface area (Å²) < 4.78 is 5.10. The Labute approximate surface area is 121 Å². The summed E-state index contributed by atoms with van der Waals surface area (Å²) in [6.45, 7) is 3.85. The number of amides is 1. The maximum Gasteiger partial charge on any atom is 0.225 e. The number of carbonyl (C=O) groups is 1. The minimum atomic E-state index is 0.00219. The van der Waals surface area contributed by atoms with E-state index in [1.807, 2.05) is 31.3 Å². The number of hydrogen-bond donors (Lipinski definition) is 2. The molecule has 1 atom stereocenters. The van der Waals surface area contributed by atoms with Gasteiger partial charge in [-0.15, -0.1) is 0 Å². The molecule has 1 aromatic rings. The number of methoxy groups -OCH3 is 1. The SMILES string of the molecule is COCC(C)N(C)CCC(=O)Nc1ccccc1CN. The molecule has 0 saturated carbocycles. The van der Waals surface area contributed by atoms with Crippen LogP contribution in [0, 0.1) is 0 Å². The number of nitrogens with two attached hydrogens (primary N) is 1. The molecule has 112 valence electrons. The number of carbonyl (C=O) groups excluding carboxylic acids is 1. The molecule has 0 radical (unpaired) electrons. The number of hydrogen-bond acceptors (Lipinski definition) is 4. The lowest BCUT2D eigenvalue weighted by Gasteiger charge is -2.23. The summed E-state index contributed by atoms with van der Waals surface area (Å²) in [5.41, 5.74) is 7.39. The second kappa shape index (κ2) is 8.68. The van der Waals surface area contributed by atoms with E-state index in [9.17, 15) is 4.79 Å². The number of likely N-dealkylation sites (N-methyl/N-ethyl adjacent to an activating group) is 1. The van der Waals surface area contributed by atoms with Gasteiger partial charge in [-0.3, -0.25) is 4.79 Å². The summed E-state index contributed by atoms with van der Waals surface area (Å²) in [6, 6.07) is 7.89. The summed E-state index contributed by atoms with van der Waals surface area (Å²) in [5.74, 6) is 0.00219. The van der Waals surface area contributed by atoms with Crippen LogP contribution in [0.2, 0.25) is 0 Å². The fourth-order valence-electron chi connectivity index (χ4n) is 1.90. The second-order valence-corrected chi connectivity index (χ2v) is 4.94. The van der Waals surface area contributed by atoms with E-state index < -0.39 is 0 Å². The first-order valence-corrected chi connectivity index (χ1v) is 6.85. The first-order valence-electron chi connectivity index (χ1n) is 6.85. The standard InChI is InChI=1S/C15H25N3O2/c1-12(11-20-3)18(2)9-8-15(19)17-14-7-5-4-6-13(14)10-16/h4-7,12H,8-11,16H2,1-3H3,(H,17,19). The first kappa shape index (κ1) is 16.6. The van der Waals surface area contributed by atoms with Crippen molar-refractivity contribution in [3.8, 4) is 0 Å². The Morgan fingerprint density at radius 3 is 2.80 bits per heavy atom. The lowest BCUT2D eigenvalue weighted by Crippen LogP contribution is -2.35. The van der Waals surface area contributed by atoms with Crippen LogP contribution in [0.25, 0.3) is 0 Å². The van der Waals surface area contributed by atoms with Gasteiger partial charge in [0.1, 0.15) is 0 Å². The number of anilines is 1. The van der Waals surface area contributed by atoms with Gasteiger partial charge in [-0.2, -0.15) is 0 Å². The van der Waals surface area contributed by atoms with Gasteiger partial charge in [0.15, 0.2) is 0 Å². The van der Waals surface area contributed by atoms with Crippen LogP contribution in [0.1, 0.15) is 18.9 Å². The van der Waals surface area contributed by atoms with E-state index in [0.717, 1.165) is 11.3 Å². The molecule has 5 nitrogen and oxygen atoms in total. The Bertz CT molecular complexity index is 423. The molecule has 1 unspecified atom stereocenters. The van der Waals surface area contributed by atoms with Crippen molar-refractivity contribution in [2.75, 3.05) is 32.6 Å². The normalized spacial score (nSPS) is 12.4. The largest absolute Gasteiger partial charge is 0.383 e. The maximum absolute atomic E-state index is 12.0. The molecule has 1 aromatic carbocycles. The van der Waals surface area contributed by atoms with E-state index >= 15 is 0 Å². The van der Waals surface area contributed by atoms with Crippen molar-refractivity contribution in [2.24, 2.45) is 5.73 Å². The molecule has 1 rings (SSSR count). The average molecular weight is 279 g/mol. The Morgan fingerprint density at radius 2 is 2.15 bits per heavy atom. The number of nitrogens with zero attached hydrogens (tertiary/aromatic N) is 1. The third kappa shape index (κ3) is 5.28. The minimum absolute atomic E-state index is 0.00219. The number of rotatable bonds is 8. The molecule has 0 bridgehead atoms. The predicted octanol–water partition coefficient (Wildman–Crippen LogP) is 1.44. The topological polar surface area (TPSA) is 67.6 Å². The van der Waals surface area contributed by atoms with Gasteiger partial charge in [0.25, 0.3) is 0 Å². The molecule has 3 N–H and O–H groups in total. The Morgan fingerprint density at radius 1 is 1.45 bits per heavy atom. The average Bonchev–Trinajstić information content (AvgIpc) is 2.45. The molecule has 0 saturated heterocycles. The number of benzene rings is 1. The van der Waals surface area contributed by atoms with Crippen molar-refractivity contribution >= 4 is 11.6 Å². The van der Waals surface area contributed by atoms with E-state index in [0.29, 0.717) is 32.2 Å². The van der Waals surface area contributed by atoms with Gasteiger partial charge in [-0.25, -0.2) is 0 Å². The lowest BCUT2D eigenvalue weighted by molar-refractivity contribution is -0.116. The van der Waals surface area contributed by atoms with E-state index in [-0.39, 0.29) is 5.91 Å². The molecular formula is C15H25N3O2. The van der Waals surface area contributed by atoms with E-state index in [1.54, 1.807) is 7.11 Å². The Balaban J connectivity index is 2.44. The zero-order chi connectivity index (χ0) is 15.0. The fraction of sp³-hybridized carbons (Fsp3) is 0.533. The van der Waals surface area contributed by atoms with Crippen LogP contribution >= 0.6 is 0 Å². The van der Waals surface area contributed by atoms with E-state index in [1.165, 1.54) is 0 Å². The minimum Gasteiger partial charge on any atom is -0.383 e. The zero-order valence-electron chi connectivity index (χ0n) is 12.6. The zero-order valence-corrected chi connectivity index (χ0v) is 12.6. The molecule has 0 heterocycles. The smallest absolute Gasteiger partial charge is 0.225 e. The van der Waals surface area contributed by atoms with Crippen LogP contribution in [0.15, 0.2) is 24.3 Å². The molecule has 5 heteroatoms. The predicted molar refractivity (Wildman–Crippen MR) is 81.5 cm³/mol. The fourth-order valence-corrected chi connectivity index (χ4v) is 1.90. The van der Waals surface area contributed by atoms with Crippen molar-refractivity contribution in [2.45, 2.75) is 25.9 Å². The van der Waals surface area contributed by atoms with Gasteiger partial charge in [-0.1, -0.05) is 18.2 Å². The van der Waals surface area contributed by atoms with Crippen LogP contribution in [0.5, 0.6) is 0 Å². The molecule has 1 amide bonds. The number of ether oxygens (including phenoxy) is 1. The van der Waals surface area contributed by atoms with Crippen LogP contribution < -0.4 is 11.1 Å². The Hall–Kier alpha value is -1.43. The molecule has 0 spiro atoms. The highest BCUT2D eigenvalue weighted by Crippen LogP contribution is 2.14. The van der Waals surface area contributed by atoms with Gasteiger partial charge in [0, 0.05) is 38.3 Å². The highest BCUT2D eigenvalue weighted by atomic mass is 16.5. The van der Waals surface area contributed by atoms with Gasteiger partial charge in [0.05, 0.1) is 6.61 Å². The highest BCUT2D eigenvalue weighted by molar-refractivity contribution is 5.91. The van der Waals surface area contributed by atoms with Crippen LogP contribution in [-0.2, 0) is 16.1 Å². The van der Waals surface area contributed by atoms with Gasteiger partial charge in [-0.05, 0) is 25.6 Å². The molecule has 0 aliphatic rings. The van der Waals surface area contributed by atoms with Crippen molar-refractivity contribution in [1.82, 2.24) is 4.90 Å². The van der Waals surface area contributed by atoms with Crippen molar-refractivity contribution in [1.29, 1.82) is 0 Å². The summed E-state index contributed by atoms with van der Waals surface area (Å²) in [7, 11) is 3.67. The Kier molecular flexibility index (Phi) is 7.22. The third-order valence-electron chi connectivity index (χ3n) is 3.36. The van der Waals surface area contributed by atoms with Crippen LogP contribution in [0.3, 0.4) is 0 Å². The third-order valence-corrected chi connectivity index (χ3v) is 3.36. The monoisotopic (exact) mass is 279 g/mol. The van der Waals surface area contributed by atoms with E-state index in [2.05, 4.69) is 17.1 Å². The van der Waals surface area contributed by atoms with Crippen molar-refractivity contribution in [3.63, 3.8) is 0 Å². The summed E-state index contributed by atoms with van der Waals surface area (Å²) in [5, 5.41) is 2.91. The summed E-state index contributed by atoms with van der Waals surface area (Å²) in [6.07, 6.45) is 0.448. The molecule has 0 aromatic heterocycles. The van der Waals surface area contributed by atoms with Crippen LogP contribution in [0.4, 0.5) is 5.69 Å². The van der Waals surface area contributed by atoms with Gasteiger partial charge in [0.2, 0.25) is 5.91 Å². The first-order chi connectivity index (χ1) is 9.58. The van der Waals surface area contributed by atoms with Gasteiger partial charge >= 0.3 is 0 Å². The number of para-hydroxylation sites is 1. The quantitative estimate of drug-likeness (QED) is 0.755. The molecular weight excluding hydrogens is 254 g/mol. The molecule has 0 fully saturated rings. The van der Waals surface area contributed by atoms with Crippen LogP contribution in [-0.4, -0.2) is 44.2 Å². The molecule has 20 heavy (non-hydrogen) atoms. The van der Waals surface area contributed by atoms with Crippen molar-refractivity contribution in [3.05, 3.63) is 29.8 Å².